The van der Waals surface area contributed by atoms with E-state index in [1.165, 1.54) is 5.56 Å². The number of H-pyrrole nitrogens is 1. The van der Waals surface area contributed by atoms with Gasteiger partial charge in [0.15, 0.2) is 5.82 Å². The first-order valence-electron chi connectivity index (χ1n) is 8.62. The van der Waals surface area contributed by atoms with Gasteiger partial charge >= 0.3 is 0 Å². The maximum Gasteiger partial charge on any atom is 0.272 e. The fourth-order valence-corrected chi connectivity index (χ4v) is 2.70. The van der Waals surface area contributed by atoms with Gasteiger partial charge in [0, 0.05) is 24.2 Å². The summed E-state index contributed by atoms with van der Waals surface area (Å²) in [5.74, 6) is 1.46. The van der Waals surface area contributed by atoms with E-state index in [0.717, 1.165) is 36.4 Å². The van der Waals surface area contributed by atoms with Gasteiger partial charge in [0.2, 0.25) is 0 Å². The molecule has 134 valence electrons. The van der Waals surface area contributed by atoms with Gasteiger partial charge in [-0.1, -0.05) is 43.0 Å². The number of nitrogens with one attached hydrogen (secondary N) is 4. The molecule has 26 heavy (non-hydrogen) atoms. The summed E-state index contributed by atoms with van der Waals surface area (Å²) in [6, 6.07) is 15.5. The molecule has 0 saturated carbocycles. The van der Waals surface area contributed by atoms with Crippen molar-refractivity contribution >= 4 is 22.3 Å². The lowest BCUT2D eigenvalue weighted by atomic mass is 10.2. The number of aromatic amines is 1. The second-order valence-electron chi connectivity index (χ2n) is 6.07. The maximum absolute atomic E-state index is 11.8. The third-order valence-electron chi connectivity index (χ3n) is 4.11. The number of anilines is 2. The van der Waals surface area contributed by atoms with E-state index in [-0.39, 0.29) is 5.56 Å². The Bertz CT molecular complexity index is 964. The lowest BCUT2D eigenvalue weighted by Crippen LogP contribution is -2.22. The Hall–Kier alpha value is -3.28. The van der Waals surface area contributed by atoms with Crippen molar-refractivity contribution in [2.75, 3.05) is 23.7 Å². The molecule has 6 heteroatoms. The Morgan fingerprint density at radius 2 is 1.81 bits per heavy atom. The van der Waals surface area contributed by atoms with E-state index in [0.29, 0.717) is 11.2 Å². The molecule has 0 atom stereocenters. The summed E-state index contributed by atoms with van der Waals surface area (Å²) in [5.41, 5.74) is 2.05. The fourth-order valence-electron chi connectivity index (χ4n) is 2.70. The largest absolute Gasteiger partial charge is 0.372 e. The van der Waals surface area contributed by atoms with Gasteiger partial charge in [-0.15, -0.1) is 0 Å². The van der Waals surface area contributed by atoms with Gasteiger partial charge in [-0.25, -0.2) is 5.10 Å². The molecule has 0 saturated heterocycles. The van der Waals surface area contributed by atoms with Gasteiger partial charge in [-0.3, -0.25) is 4.79 Å². The Balaban J connectivity index is 1.46. The fraction of sp³-hybridized carbons (Fsp3) is 0.200. The van der Waals surface area contributed by atoms with Crippen molar-refractivity contribution in [2.45, 2.75) is 13.3 Å². The van der Waals surface area contributed by atoms with Gasteiger partial charge in [-0.2, -0.15) is 5.10 Å². The predicted octanol–water partition coefficient (Wildman–Crippen LogP) is 3.21. The number of benzene rings is 2. The minimum absolute atomic E-state index is 0.175. The van der Waals surface area contributed by atoms with Crippen molar-refractivity contribution in [1.29, 1.82) is 0 Å². The predicted molar refractivity (Wildman–Crippen MR) is 107 cm³/mol. The SMILES string of the molecule is C=C(NCCCNc1n[nH]c(=O)c2ccccc12)Nc1ccccc1C. The van der Waals surface area contributed by atoms with E-state index in [1.807, 2.05) is 36.4 Å². The zero-order valence-corrected chi connectivity index (χ0v) is 14.8. The number of aromatic nitrogens is 2. The monoisotopic (exact) mass is 349 g/mol. The van der Waals surface area contributed by atoms with E-state index >= 15 is 0 Å². The highest BCUT2D eigenvalue weighted by atomic mass is 16.1. The Kier molecular flexibility index (Phi) is 5.53. The lowest BCUT2D eigenvalue weighted by molar-refractivity contribution is 0.749. The molecule has 3 rings (SSSR count). The van der Waals surface area contributed by atoms with Crippen LogP contribution in [0.2, 0.25) is 0 Å². The maximum atomic E-state index is 11.8. The molecule has 6 nitrogen and oxygen atoms in total. The first-order chi connectivity index (χ1) is 12.6. The molecule has 4 N–H and O–H groups in total. The van der Waals surface area contributed by atoms with Crippen LogP contribution in [0.1, 0.15) is 12.0 Å². The van der Waals surface area contributed by atoms with Crippen LogP contribution in [0.3, 0.4) is 0 Å². The number of hydrogen-bond acceptors (Lipinski definition) is 5. The summed E-state index contributed by atoms with van der Waals surface area (Å²) in [5, 5.41) is 17.9. The molecule has 0 radical (unpaired) electrons. The first kappa shape index (κ1) is 17.5. The van der Waals surface area contributed by atoms with Crippen LogP contribution in [0.4, 0.5) is 11.5 Å². The number of nitrogens with zero attached hydrogens (tertiary/aromatic N) is 1. The Morgan fingerprint density at radius 3 is 2.62 bits per heavy atom. The molecule has 0 unspecified atom stereocenters. The van der Waals surface area contributed by atoms with Crippen LogP contribution < -0.4 is 21.5 Å². The van der Waals surface area contributed by atoms with Crippen LogP contribution in [0.15, 0.2) is 65.7 Å². The molecule has 0 spiro atoms. The van der Waals surface area contributed by atoms with E-state index in [1.54, 1.807) is 6.07 Å². The Morgan fingerprint density at radius 1 is 1.08 bits per heavy atom. The van der Waals surface area contributed by atoms with Crippen LogP contribution in [-0.2, 0) is 0 Å². The standard InChI is InChI=1S/C20H23N5O/c1-14-8-3-6-11-18(14)23-15(2)21-12-7-13-22-19-16-9-4-5-10-17(16)20(26)25-24-19/h3-6,8-11,21,23H,2,7,12-13H2,1H3,(H,22,24)(H,25,26). The lowest BCUT2D eigenvalue weighted by Gasteiger charge is -2.14. The highest BCUT2D eigenvalue weighted by Crippen LogP contribution is 2.16. The topological polar surface area (TPSA) is 81.8 Å². The van der Waals surface area contributed by atoms with Crippen molar-refractivity contribution in [3.8, 4) is 0 Å². The number of hydrogen-bond donors (Lipinski definition) is 4. The molecule has 3 aromatic rings. The van der Waals surface area contributed by atoms with Crippen LogP contribution in [0, 0.1) is 6.92 Å². The van der Waals surface area contributed by atoms with Crippen LogP contribution in [0.25, 0.3) is 10.8 Å². The zero-order valence-electron chi connectivity index (χ0n) is 14.8. The second-order valence-corrected chi connectivity index (χ2v) is 6.07. The molecule has 0 fully saturated rings. The van der Waals surface area contributed by atoms with Crippen molar-refractivity contribution in [1.82, 2.24) is 15.5 Å². The quantitative estimate of drug-likeness (QED) is 0.470. The highest BCUT2D eigenvalue weighted by molar-refractivity contribution is 5.90. The smallest absolute Gasteiger partial charge is 0.272 e. The summed E-state index contributed by atoms with van der Waals surface area (Å²) in [6.07, 6.45) is 0.879. The van der Waals surface area contributed by atoms with Gasteiger partial charge in [0.1, 0.15) is 0 Å². The molecule has 2 aromatic carbocycles. The van der Waals surface area contributed by atoms with Crippen molar-refractivity contribution in [3.63, 3.8) is 0 Å². The van der Waals surface area contributed by atoms with Crippen LogP contribution in [0.5, 0.6) is 0 Å². The average molecular weight is 349 g/mol. The molecule has 0 aliphatic carbocycles. The van der Waals surface area contributed by atoms with E-state index in [4.69, 9.17) is 0 Å². The summed E-state index contributed by atoms with van der Waals surface area (Å²) in [7, 11) is 0. The van der Waals surface area contributed by atoms with E-state index in [2.05, 4.69) is 45.7 Å². The van der Waals surface area contributed by atoms with Gasteiger partial charge in [0.05, 0.1) is 11.2 Å². The van der Waals surface area contributed by atoms with Gasteiger partial charge in [0.25, 0.3) is 5.56 Å². The zero-order chi connectivity index (χ0) is 18.4. The molecule has 0 aliphatic rings. The third-order valence-corrected chi connectivity index (χ3v) is 4.11. The summed E-state index contributed by atoms with van der Waals surface area (Å²) in [4.78, 5) is 11.8. The Labute approximate surface area is 152 Å². The molecule has 0 amide bonds. The van der Waals surface area contributed by atoms with Gasteiger partial charge in [-0.05, 0) is 31.0 Å². The molecule has 0 bridgehead atoms. The summed E-state index contributed by atoms with van der Waals surface area (Å²) >= 11 is 0. The average Bonchev–Trinajstić information content (AvgIpc) is 2.65. The van der Waals surface area contributed by atoms with Crippen molar-refractivity contribution in [2.24, 2.45) is 0 Å². The minimum Gasteiger partial charge on any atom is -0.372 e. The molecular formula is C20H23N5O. The number of aryl methyl sites for hydroxylation is 1. The first-order valence-corrected chi connectivity index (χ1v) is 8.62. The van der Waals surface area contributed by atoms with E-state index in [9.17, 15) is 4.79 Å². The molecule has 1 heterocycles. The van der Waals surface area contributed by atoms with Crippen LogP contribution >= 0.6 is 0 Å². The summed E-state index contributed by atoms with van der Waals surface area (Å²) in [6.45, 7) is 7.56. The number of fused-ring (bicyclic) bond motifs is 1. The van der Waals surface area contributed by atoms with Crippen LogP contribution in [-0.4, -0.2) is 23.3 Å². The third kappa shape index (κ3) is 4.22. The molecule has 0 aliphatic heterocycles. The second kappa shape index (κ2) is 8.20. The number of rotatable bonds is 8. The van der Waals surface area contributed by atoms with Crippen molar-refractivity contribution in [3.05, 3.63) is 76.8 Å². The molecular weight excluding hydrogens is 326 g/mol. The highest BCUT2D eigenvalue weighted by Gasteiger charge is 2.05. The number of para-hydroxylation sites is 1. The van der Waals surface area contributed by atoms with E-state index < -0.39 is 0 Å². The molecule has 1 aromatic heterocycles. The minimum atomic E-state index is -0.175. The summed E-state index contributed by atoms with van der Waals surface area (Å²) < 4.78 is 0. The van der Waals surface area contributed by atoms with Gasteiger partial charge < -0.3 is 16.0 Å². The van der Waals surface area contributed by atoms with Crippen molar-refractivity contribution < 1.29 is 0 Å². The normalized spacial score (nSPS) is 10.5.